The molecule has 0 radical (unpaired) electrons. The molecule has 1 saturated carbocycles. The predicted octanol–water partition coefficient (Wildman–Crippen LogP) is 5.70. The van der Waals surface area contributed by atoms with Crippen LogP contribution in [0.2, 0.25) is 0 Å². The van der Waals surface area contributed by atoms with Crippen LogP contribution in [0.3, 0.4) is 0 Å². The van der Waals surface area contributed by atoms with Gasteiger partial charge in [-0.2, -0.15) is 23.7 Å². The Balaban J connectivity index is 1.84. The summed E-state index contributed by atoms with van der Waals surface area (Å²) in [5.74, 6) is 0. The standard InChI is InChI=1S/C22H15F3N4S2/c23-22(24,25)18-11-17(8-5-15(18)13-27)28-19(30)21(9-1-2-10-21)29(20(28)31)16-6-3-14(12-26)4-7-16/h3-8,11H,1-2,9-10H2. The molecule has 1 aliphatic heterocycles. The molecule has 0 atom stereocenters. The molecule has 31 heavy (non-hydrogen) atoms. The van der Waals surface area contributed by atoms with Crippen molar-refractivity contribution in [1.29, 1.82) is 10.5 Å². The molecule has 4 nitrogen and oxygen atoms in total. The van der Waals surface area contributed by atoms with Crippen LogP contribution in [0.4, 0.5) is 24.5 Å². The number of halogens is 3. The lowest BCUT2D eigenvalue weighted by atomic mass is 9.95. The molecule has 4 rings (SSSR count). The molecular weight excluding hydrogens is 441 g/mol. The van der Waals surface area contributed by atoms with Crippen LogP contribution in [0.5, 0.6) is 0 Å². The molecule has 156 valence electrons. The molecule has 2 fully saturated rings. The van der Waals surface area contributed by atoms with Gasteiger partial charge in [0.2, 0.25) is 0 Å². The first-order valence-corrected chi connectivity index (χ1v) is 10.3. The average molecular weight is 457 g/mol. The summed E-state index contributed by atoms with van der Waals surface area (Å²) in [6, 6.07) is 14.1. The fourth-order valence-corrected chi connectivity index (χ4v) is 5.37. The van der Waals surface area contributed by atoms with Crippen LogP contribution in [-0.4, -0.2) is 15.6 Å². The van der Waals surface area contributed by atoms with Gasteiger partial charge in [-0.1, -0.05) is 25.1 Å². The summed E-state index contributed by atoms with van der Waals surface area (Å²) < 4.78 is 40.6. The molecule has 0 bridgehead atoms. The van der Waals surface area contributed by atoms with E-state index in [0.29, 0.717) is 10.6 Å². The second-order valence-corrected chi connectivity index (χ2v) is 8.25. The first kappa shape index (κ1) is 21.2. The maximum atomic E-state index is 13.5. The van der Waals surface area contributed by atoms with Crippen LogP contribution in [0.15, 0.2) is 42.5 Å². The largest absolute Gasteiger partial charge is 0.417 e. The molecular formula is C22H15F3N4S2. The quantitative estimate of drug-likeness (QED) is 0.541. The Bertz CT molecular complexity index is 1150. The lowest BCUT2D eigenvalue weighted by Crippen LogP contribution is -2.47. The van der Waals surface area contributed by atoms with E-state index in [2.05, 4.69) is 6.07 Å². The normalized spacial score (nSPS) is 17.8. The van der Waals surface area contributed by atoms with Gasteiger partial charge in [-0.15, -0.1) is 0 Å². The van der Waals surface area contributed by atoms with Crippen molar-refractivity contribution < 1.29 is 13.2 Å². The molecule has 0 unspecified atom stereocenters. The van der Waals surface area contributed by atoms with Gasteiger partial charge >= 0.3 is 6.18 Å². The molecule has 1 heterocycles. The second-order valence-electron chi connectivity index (χ2n) is 7.50. The fourth-order valence-electron chi connectivity index (χ4n) is 4.34. The van der Waals surface area contributed by atoms with Gasteiger partial charge in [-0.05, 0) is 67.5 Å². The lowest BCUT2D eigenvalue weighted by Gasteiger charge is -2.34. The van der Waals surface area contributed by atoms with E-state index in [1.807, 2.05) is 4.90 Å². The van der Waals surface area contributed by atoms with E-state index >= 15 is 0 Å². The summed E-state index contributed by atoms with van der Waals surface area (Å²) in [7, 11) is 0. The molecule has 0 amide bonds. The van der Waals surface area contributed by atoms with Crippen molar-refractivity contribution in [2.45, 2.75) is 37.4 Å². The third kappa shape index (κ3) is 3.34. The van der Waals surface area contributed by atoms with Gasteiger partial charge in [0.25, 0.3) is 0 Å². The Kier molecular flexibility index (Phi) is 5.20. The molecule has 2 aliphatic rings. The molecule has 1 aliphatic carbocycles. The highest BCUT2D eigenvalue weighted by Crippen LogP contribution is 2.47. The van der Waals surface area contributed by atoms with E-state index in [1.165, 1.54) is 11.0 Å². The van der Waals surface area contributed by atoms with Crippen LogP contribution >= 0.6 is 24.4 Å². The first-order valence-electron chi connectivity index (χ1n) is 9.53. The Morgan fingerprint density at radius 2 is 1.52 bits per heavy atom. The molecule has 1 saturated heterocycles. The predicted molar refractivity (Wildman–Crippen MR) is 119 cm³/mol. The van der Waals surface area contributed by atoms with Crippen molar-refractivity contribution in [3.8, 4) is 12.1 Å². The average Bonchev–Trinajstić information content (AvgIpc) is 3.31. The SMILES string of the molecule is N#Cc1ccc(N2C(=S)N(c3ccc(C#N)c(C(F)(F)F)c3)C(=S)C23CCCC3)cc1. The summed E-state index contributed by atoms with van der Waals surface area (Å²) in [4.78, 5) is 3.87. The van der Waals surface area contributed by atoms with E-state index in [9.17, 15) is 13.2 Å². The number of nitrogens with zero attached hydrogens (tertiary/aromatic N) is 4. The molecule has 0 N–H and O–H groups in total. The number of alkyl halides is 3. The Labute approximate surface area is 188 Å². The molecule has 2 aromatic rings. The van der Waals surface area contributed by atoms with Crippen LogP contribution in [0, 0.1) is 22.7 Å². The van der Waals surface area contributed by atoms with Crippen LogP contribution in [0.1, 0.15) is 42.4 Å². The van der Waals surface area contributed by atoms with Gasteiger partial charge in [0.1, 0.15) is 4.99 Å². The van der Waals surface area contributed by atoms with Crippen molar-refractivity contribution in [1.82, 2.24) is 0 Å². The molecule has 9 heteroatoms. The van der Waals surface area contributed by atoms with Crippen LogP contribution in [0.25, 0.3) is 0 Å². The first-order chi connectivity index (χ1) is 14.7. The van der Waals surface area contributed by atoms with E-state index in [-0.39, 0.29) is 10.8 Å². The minimum atomic E-state index is -4.68. The van der Waals surface area contributed by atoms with Crippen molar-refractivity contribution in [3.05, 3.63) is 59.2 Å². The summed E-state index contributed by atoms with van der Waals surface area (Å²) in [6.07, 6.45) is -1.38. The minimum Gasteiger partial charge on any atom is -0.306 e. The number of hydrogen-bond donors (Lipinski definition) is 0. The van der Waals surface area contributed by atoms with E-state index in [1.54, 1.807) is 30.3 Å². The highest BCUT2D eigenvalue weighted by molar-refractivity contribution is 7.83. The highest BCUT2D eigenvalue weighted by atomic mass is 32.1. The summed E-state index contributed by atoms with van der Waals surface area (Å²) in [5, 5.41) is 18.5. The summed E-state index contributed by atoms with van der Waals surface area (Å²) >= 11 is 11.5. The number of hydrogen-bond acceptors (Lipinski definition) is 4. The number of rotatable bonds is 2. The number of nitriles is 2. The number of anilines is 2. The highest BCUT2D eigenvalue weighted by Gasteiger charge is 2.54. The maximum Gasteiger partial charge on any atom is 0.417 e. The number of thiocarbonyl (C=S) groups is 2. The van der Waals surface area contributed by atoms with Gasteiger partial charge in [0.05, 0.1) is 34.4 Å². The second kappa shape index (κ2) is 7.60. The Morgan fingerprint density at radius 1 is 0.903 bits per heavy atom. The zero-order chi connectivity index (χ0) is 22.4. The number of benzene rings is 2. The summed E-state index contributed by atoms with van der Waals surface area (Å²) in [5.41, 5.74) is -0.658. The smallest absolute Gasteiger partial charge is 0.306 e. The van der Waals surface area contributed by atoms with Gasteiger partial charge < -0.3 is 4.90 Å². The Hall–Kier alpha value is -3.01. The monoisotopic (exact) mass is 456 g/mol. The van der Waals surface area contributed by atoms with Crippen LogP contribution in [-0.2, 0) is 6.18 Å². The minimum absolute atomic E-state index is 0.184. The van der Waals surface area contributed by atoms with E-state index < -0.39 is 22.8 Å². The van der Waals surface area contributed by atoms with Crippen molar-refractivity contribution in [2.24, 2.45) is 0 Å². The zero-order valence-electron chi connectivity index (χ0n) is 16.1. The Morgan fingerprint density at radius 3 is 2.06 bits per heavy atom. The molecule has 0 aromatic heterocycles. The van der Waals surface area contributed by atoms with Crippen LogP contribution < -0.4 is 9.80 Å². The van der Waals surface area contributed by atoms with Crippen molar-refractivity contribution in [3.63, 3.8) is 0 Å². The molecule has 1 spiro atoms. The van der Waals surface area contributed by atoms with Gasteiger partial charge in [0.15, 0.2) is 5.11 Å². The van der Waals surface area contributed by atoms with Gasteiger partial charge in [0, 0.05) is 11.4 Å². The van der Waals surface area contributed by atoms with E-state index in [4.69, 9.17) is 35.0 Å². The van der Waals surface area contributed by atoms with Gasteiger partial charge in [-0.3, -0.25) is 4.90 Å². The van der Waals surface area contributed by atoms with Crippen molar-refractivity contribution in [2.75, 3.05) is 9.80 Å². The molecule has 2 aromatic carbocycles. The zero-order valence-corrected chi connectivity index (χ0v) is 17.7. The fraction of sp³-hybridized carbons (Fsp3) is 0.273. The third-order valence-corrected chi connectivity index (χ3v) is 6.71. The topological polar surface area (TPSA) is 54.1 Å². The lowest BCUT2D eigenvalue weighted by molar-refractivity contribution is -0.137. The third-order valence-electron chi connectivity index (χ3n) is 5.78. The summed E-state index contributed by atoms with van der Waals surface area (Å²) in [6.45, 7) is 0. The van der Waals surface area contributed by atoms with E-state index in [0.717, 1.165) is 43.5 Å². The van der Waals surface area contributed by atoms with Crippen molar-refractivity contribution >= 4 is 45.9 Å². The maximum absolute atomic E-state index is 13.5. The van der Waals surface area contributed by atoms with Gasteiger partial charge in [-0.25, -0.2) is 0 Å².